The van der Waals surface area contributed by atoms with Gasteiger partial charge in [0, 0.05) is 25.8 Å². The van der Waals surface area contributed by atoms with Crippen LogP contribution in [0.15, 0.2) is 46.0 Å². The first-order valence-corrected chi connectivity index (χ1v) is 10.2. The average Bonchev–Trinajstić information content (AvgIpc) is 3.24. The molecule has 1 unspecified atom stereocenters. The number of hydrogen-bond acceptors (Lipinski definition) is 4. The normalized spacial score (nSPS) is 18.7. The summed E-state index contributed by atoms with van der Waals surface area (Å²) in [6.45, 7) is 0.516. The van der Waals surface area contributed by atoms with Gasteiger partial charge in [-0.3, -0.25) is 4.79 Å². The van der Waals surface area contributed by atoms with Gasteiger partial charge in [0.2, 0.25) is 5.91 Å². The lowest BCUT2D eigenvalue weighted by Crippen LogP contribution is -2.35. The van der Waals surface area contributed by atoms with Gasteiger partial charge in [0.15, 0.2) is 4.21 Å². The SMILES string of the molecule is CN(C(=O)C1CCN(S(=O)(=O)c2sccc2Cl)C1)c1ccccc1. The van der Waals surface area contributed by atoms with E-state index >= 15 is 0 Å². The van der Waals surface area contributed by atoms with Crippen molar-refractivity contribution in [2.75, 3.05) is 25.0 Å². The number of para-hydroxylation sites is 1. The minimum Gasteiger partial charge on any atom is -0.315 e. The van der Waals surface area contributed by atoms with Crippen LogP contribution in [-0.2, 0) is 14.8 Å². The van der Waals surface area contributed by atoms with Crippen LogP contribution in [0.2, 0.25) is 5.02 Å². The van der Waals surface area contributed by atoms with Crippen LogP contribution in [0.25, 0.3) is 0 Å². The molecule has 0 spiro atoms. The van der Waals surface area contributed by atoms with Crippen molar-refractivity contribution in [1.29, 1.82) is 0 Å². The van der Waals surface area contributed by atoms with Crippen molar-refractivity contribution < 1.29 is 13.2 Å². The van der Waals surface area contributed by atoms with Crippen LogP contribution >= 0.6 is 22.9 Å². The number of nitrogens with zero attached hydrogens (tertiary/aromatic N) is 2. The number of thiophene rings is 1. The molecule has 8 heteroatoms. The van der Waals surface area contributed by atoms with Gasteiger partial charge in [-0.15, -0.1) is 11.3 Å². The summed E-state index contributed by atoms with van der Waals surface area (Å²) in [6.07, 6.45) is 0.512. The molecule has 0 aliphatic carbocycles. The topological polar surface area (TPSA) is 57.7 Å². The average molecular weight is 385 g/mol. The Bertz CT molecular complexity index is 836. The summed E-state index contributed by atoms with van der Waals surface area (Å²) in [7, 11) is -1.92. The number of anilines is 1. The molecule has 0 saturated carbocycles. The number of rotatable bonds is 4. The van der Waals surface area contributed by atoms with Crippen molar-refractivity contribution in [3.8, 4) is 0 Å². The van der Waals surface area contributed by atoms with Gasteiger partial charge < -0.3 is 4.90 Å². The second-order valence-electron chi connectivity index (χ2n) is 5.64. The summed E-state index contributed by atoms with van der Waals surface area (Å²) in [6, 6.07) is 10.9. The van der Waals surface area contributed by atoms with E-state index in [0.29, 0.717) is 13.0 Å². The summed E-state index contributed by atoms with van der Waals surface area (Å²) in [4.78, 5) is 14.2. The highest BCUT2D eigenvalue weighted by atomic mass is 35.5. The Kier molecular flexibility index (Phi) is 4.96. The predicted octanol–water partition coefficient (Wildman–Crippen LogP) is 3.08. The Morgan fingerprint density at radius 2 is 2.00 bits per heavy atom. The minimum atomic E-state index is -3.63. The lowest BCUT2D eigenvalue weighted by atomic mass is 10.1. The number of carbonyl (C=O) groups excluding carboxylic acids is 1. The largest absolute Gasteiger partial charge is 0.315 e. The first-order chi connectivity index (χ1) is 11.4. The first kappa shape index (κ1) is 17.4. The summed E-state index contributed by atoms with van der Waals surface area (Å²) in [5.41, 5.74) is 0.796. The van der Waals surface area contributed by atoms with Crippen molar-refractivity contribution in [3.05, 3.63) is 46.8 Å². The van der Waals surface area contributed by atoms with Crippen LogP contribution in [-0.4, -0.2) is 38.8 Å². The lowest BCUT2D eigenvalue weighted by Gasteiger charge is -2.21. The second-order valence-corrected chi connectivity index (χ2v) is 9.09. The molecule has 2 aromatic rings. The fourth-order valence-electron chi connectivity index (χ4n) is 2.78. The van der Waals surface area contributed by atoms with Gasteiger partial charge in [-0.2, -0.15) is 4.31 Å². The Morgan fingerprint density at radius 3 is 2.62 bits per heavy atom. The molecule has 5 nitrogen and oxygen atoms in total. The van der Waals surface area contributed by atoms with Gasteiger partial charge in [-0.25, -0.2) is 8.42 Å². The molecule has 1 aromatic heterocycles. The molecule has 0 radical (unpaired) electrons. The number of amides is 1. The Labute approximate surface area is 150 Å². The zero-order valence-corrected chi connectivity index (χ0v) is 15.4. The third kappa shape index (κ3) is 3.21. The van der Waals surface area contributed by atoms with Gasteiger partial charge in [0.25, 0.3) is 10.0 Å². The summed E-state index contributed by atoms with van der Waals surface area (Å²) in [5, 5.41) is 1.88. The van der Waals surface area contributed by atoms with E-state index in [1.807, 2.05) is 30.3 Å². The monoisotopic (exact) mass is 384 g/mol. The Balaban J connectivity index is 1.74. The van der Waals surface area contributed by atoms with E-state index in [1.54, 1.807) is 23.4 Å². The molecular weight excluding hydrogens is 368 g/mol. The number of benzene rings is 1. The molecule has 1 atom stereocenters. The zero-order chi connectivity index (χ0) is 17.3. The molecule has 0 bridgehead atoms. The van der Waals surface area contributed by atoms with Crippen molar-refractivity contribution in [3.63, 3.8) is 0 Å². The molecule has 24 heavy (non-hydrogen) atoms. The molecule has 2 heterocycles. The molecule has 1 saturated heterocycles. The third-order valence-corrected chi connectivity index (χ3v) is 8.00. The van der Waals surface area contributed by atoms with E-state index in [2.05, 4.69) is 0 Å². The minimum absolute atomic E-state index is 0.0730. The quantitative estimate of drug-likeness (QED) is 0.813. The number of sulfonamides is 1. The number of halogens is 1. The molecule has 3 rings (SSSR count). The number of hydrogen-bond donors (Lipinski definition) is 0. The highest BCUT2D eigenvalue weighted by Crippen LogP contribution is 2.33. The lowest BCUT2D eigenvalue weighted by molar-refractivity contribution is -0.121. The van der Waals surface area contributed by atoms with Crippen LogP contribution in [0.5, 0.6) is 0 Å². The van der Waals surface area contributed by atoms with Crippen LogP contribution in [0.1, 0.15) is 6.42 Å². The molecule has 1 amide bonds. The van der Waals surface area contributed by atoms with Gasteiger partial charge in [-0.1, -0.05) is 29.8 Å². The molecule has 0 N–H and O–H groups in total. The zero-order valence-electron chi connectivity index (χ0n) is 13.1. The van der Waals surface area contributed by atoms with Crippen molar-refractivity contribution in [1.82, 2.24) is 4.31 Å². The maximum atomic E-state index is 12.7. The smallest absolute Gasteiger partial charge is 0.254 e. The molecule has 1 aromatic carbocycles. The van der Waals surface area contributed by atoms with Crippen LogP contribution in [0, 0.1) is 5.92 Å². The second kappa shape index (κ2) is 6.84. The van der Waals surface area contributed by atoms with E-state index in [4.69, 9.17) is 11.6 Å². The Morgan fingerprint density at radius 1 is 1.29 bits per heavy atom. The number of carbonyl (C=O) groups is 1. The third-order valence-electron chi connectivity index (χ3n) is 4.13. The highest BCUT2D eigenvalue weighted by molar-refractivity contribution is 7.91. The van der Waals surface area contributed by atoms with Crippen molar-refractivity contribution in [2.24, 2.45) is 5.92 Å². The predicted molar refractivity (Wildman–Crippen MR) is 96.0 cm³/mol. The molecular formula is C16H17ClN2O3S2. The van der Waals surface area contributed by atoms with E-state index in [9.17, 15) is 13.2 Å². The van der Waals surface area contributed by atoms with E-state index in [0.717, 1.165) is 17.0 Å². The Hall–Kier alpha value is -1.41. The first-order valence-electron chi connectivity index (χ1n) is 7.47. The summed E-state index contributed by atoms with van der Waals surface area (Å²) >= 11 is 7.06. The van der Waals surface area contributed by atoms with Crippen molar-refractivity contribution in [2.45, 2.75) is 10.6 Å². The maximum Gasteiger partial charge on any atom is 0.254 e. The van der Waals surface area contributed by atoms with Crippen LogP contribution in [0.3, 0.4) is 0 Å². The van der Waals surface area contributed by atoms with Crippen molar-refractivity contribution >= 4 is 44.6 Å². The fourth-order valence-corrected chi connectivity index (χ4v) is 6.09. The van der Waals surface area contributed by atoms with Gasteiger partial charge in [-0.05, 0) is 30.0 Å². The highest BCUT2D eigenvalue weighted by Gasteiger charge is 2.38. The summed E-state index contributed by atoms with van der Waals surface area (Å²) in [5.74, 6) is -0.417. The van der Waals surface area contributed by atoms with Gasteiger partial charge in [0.05, 0.1) is 10.9 Å². The molecule has 1 aliphatic heterocycles. The fraction of sp³-hybridized carbons (Fsp3) is 0.312. The van der Waals surface area contributed by atoms with Gasteiger partial charge in [0.1, 0.15) is 0 Å². The summed E-state index contributed by atoms with van der Waals surface area (Å²) < 4.78 is 26.8. The van der Waals surface area contributed by atoms with Crippen LogP contribution in [0.4, 0.5) is 5.69 Å². The molecule has 1 fully saturated rings. The van der Waals surface area contributed by atoms with E-state index < -0.39 is 10.0 Å². The maximum absolute atomic E-state index is 12.7. The molecule has 1 aliphatic rings. The molecule has 128 valence electrons. The standard InChI is InChI=1S/C16H17ClN2O3S2/c1-18(13-5-3-2-4-6-13)15(20)12-7-9-19(11-12)24(21,22)16-14(17)8-10-23-16/h2-6,8,10,12H,7,9,11H2,1H3. The van der Waals surface area contributed by atoms with Gasteiger partial charge >= 0.3 is 0 Å². The van der Waals surface area contributed by atoms with E-state index in [-0.39, 0.29) is 27.6 Å². The van der Waals surface area contributed by atoms with Crippen LogP contribution < -0.4 is 4.90 Å². The van der Waals surface area contributed by atoms with E-state index in [1.165, 1.54) is 4.31 Å².